The maximum Gasteiger partial charge on any atom is 0.250 e. The van der Waals surface area contributed by atoms with Crippen molar-refractivity contribution in [3.8, 4) is 11.1 Å². The molecule has 2 aromatic rings. The number of piperidine rings is 1. The normalized spacial score (nSPS) is 20.9. The van der Waals surface area contributed by atoms with Crippen LogP contribution in [0.1, 0.15) is 18.0 Å². The van der Waals surface area contributed by atoms with Crippen molar-refractivity contribution in [1.82, 2.24) is 14.4 Å². The Morgan fingerprint density at radius 1 is 1.11 bits per heavy atom. The fourth-order valence-electron chi connectivity index (χ4n) is 4.60. The highest BCUT2D eigenvalue weighted by Gasteiger charge is 2.37. The Balaban J connectivity index is 1.72. The highest BCUT2D eigenvalue weighted by molar-refractivity contribution is 7.98. The number of pyridine rings is 1. The zero-order valence-corrected chi connectivity index (χ0v) is 17.5. The number of likely N-dealkylation sites (tertiary alicyclic amines) is 1. The number of amides is 1. The lowest BCUT2D eigenvalue weighted by Gasteiger charge is -2.43. The number of carbonyl (C=O) groups is 1. The van der Waals surface area contributed by atoms with Gasteiger partial charge in [0, 0.05) is 47.8 Å². The number of rotatable bonds is 4. The Bertz CT molecular complexity index is 936. The average molecular weight is 398 g/mol. The second-order valence-corrected chi connectivity index (χ2v) is 9.02. The molecule has 1 aromatic heterocycles. The summed E-state index contributed by atoms with van der Waals surface area (Å²) in [6.45, 7) is 2.58. The third-order valence-corrected chi connectivity index (χ3v) is 6.54. The van der Waals surface area contributed by atoms with Crippen LogP contribution in [0.25, 0.3) is 11.1 Å². The van der Waals surface area contributed by atoms with Crippen LogP contribution in [0.3, 0.4) is 0 Å². The van der Waals surface area contributed by atoms with E-state index in [4.69, 9.17) is 0 Å². The largest absolute Gasteiger partial charge is 0.341 e. The van der Waals surface area contributed by atoms with Crippen molar-refractivity contribution in [2.45, 2.75) is 23.8 Å². The Kier molecular flexibility index (Phi) is 5.34. The van der Waals surface area contributed by atoms with E-state index in [1.807, 2.05) is 34.5 Å². The molecular weight excluding hydrogens is 370 g/mol. The van der Waals surface area contributed by atoms with Crippen LogP contribution >= 0.6 is 11.8 Å². The van der Waals surface area contributed by atoms with Crippen molar-refractivity contribution in [2.75, 3.05) is 40.0 Å². The summed E-state index contributed by atoms with van der Waals surface area (Å²) in [4.78, 5) is 30.4. The van der Waals surface area contributed by atoms with Crippen molar-refractivity contribution in [1.29, 1.82) is 0 Å². The molecule has 2 aliphatic heterocycles. The van der Waals surface area contributed by atoms with Gasteiger partial charge in [0.2, 0.25) is 5.91 Å². The number of hydrogen-bond donors (Lipinski definition) is 0. The van der Waals surface area contributed by atoms with Gasteiger partial charge in [0.1, 0.15) is 0 Å². The second-order valence-electron chi connectivity index (χ2n) is 8.14. The summed E-state index contributed by atoms with van der Waals surface area (Å²) < 4.78 is 1.96. The monoisotopic (exact) mass is 397 g/mol. The minimum absolute atomic E-state index is 0.0715. The highest BCUT2D eigenvalue weighted by atomic mass is 32.2. The molecule has 1 fully saturated rings. The molecule has 148 valence electrons. The van der Waals surface area contributed by atoms with Crippen LogP contribution < -0.4 is 5.56 Å². The second kappa shape index (κ2) is 7.76. The third-order valence-electron chi connectivity index (χ3n) is 5.80. The summed E-state index contributed by atoms with van der Waals surface area (Å²) in [6, 6.07) is 12.2. The van der Waals surface area contributed by atoms with E-state index in [0.29, 0.717) is 25.6 Å². The van der Waals surface area contributed by atoms with Gasteiger partial charge < -0.3 is 14.4 Å². The van der Waals surface area contributed by atoms with E-state index in [9.17, 15) is 9.59 Å². The molecule has 2 atom stereocenters. The molecule has 2 bridgehead atoms. The zero-order valence-electron chi connectivity index (χ0n) is 16.7. The number of nitrogens with zero attached hydrogens (tertiary/aromatic N) is 3. The fourth-order valence-corrected chi connectivity index (χ4v) is 5.01. The van der Waals surface area contributed by atoms with Gasteiger partial charge in [0.25, 0.3) is 5.56 Å². The van der Waals surface area contributed by atoms with Crippen LogP contribution in [-0.4, -0.2) is 60.3 Å². The van der Waals surface area contributed by atoms with Crippen molar-refractivity contribution < 1.29 is 4.79 Å². The van der Waals surface area contributed by atoms with E-state index in [-0.39, 0.29) is 17.4 Å². The minimum atomic E-state index is 0.0715. The molecule has 4 rings (SSSR count). The summed E-state index contributed by atoms with van der Waals surface area (Å²) in [6.07, 6.45) is 3.12. The molecular formula is C22H27N3O2S. The molecule has 0 aliphatic carbocycles. The van der Waals surface area contributed by atoms with Crippen LogP contribution in [-0.2, 0) is 11.3 Å². The van der Waals surface area contributed by atoms with E-state index in [2.05, 4.69) is 30.5 Å². The summed E-state index contributed by atoms with van der Waals surface area (Å²) in [5.74, 6) is 0.740. The lowest BCUT2D eigenvalue weighted by atomic mass is 9.80. The Hall–Kier alpha value is -2.05. The van der Waals surface area contributed by atoms with E-state index >= 15 is 0 Å². The molecule has 1 aromatic carbocycles. The standard InChI is InChI=1S/C22H27N3O2S/c1-23(2)14-21(27)24-11-15-10-17(13-24)22-19(8-9-20(26)25(22)12-15)16-4-6-18(28-3)7-5-16/h4-9,15,17H,10-14H2,1-3H3/t15-,17-/m1/s1. The van der Waals surface area contributed by atoms with E-state index in [1.54, 1.807) is 17.8 Å². The van der Waals surface area contributed by atoms with Crippen LogP contribution in [0.4, 0.5) is 0 Å². The van der Waals surface area contributed by atoms with E-state index in [1.165, 1.54) is 4.90 Å². The third kappa shape index (κ3) is 3.63. The van der Waals surface area contributed by atoms with Gasteiger partial charge in [-0.2, -0.15) is 0 Å². The Morgan fingerprint density at radius 3 is 2.54 bits per heavy atom. The van der Waals surface area contributed by atoms with Gasteiger partial charge in [0.05, 0.1) is 6.54 Å². The first-order valence-corrected chi connectivity index (χ1v) is 11.0. The highest BCUT2D eigenvalue weighted by Crippen LogP contribution is 2.40. The number of likely N-dealkylation sites (N-methyl/N-ethyl adjacent to an activating group) is 1. The average Bonchev–Trinajstić information content (AvgIpc) is 2.68. The Labute approximate surface area is 170 Å². The first kappa shape index (κ1) is 19.3. The van der Waals surface area contributed by atoms with Gasteiger partial charge in [0.15, 0.2) is 0 Å². The van der Waals surface area contributed by atoms with Crippen LogP contribution in [0.15, 0.2) is 46.1 Å². The van der Waals surface area contributed by atoms with Crippen molar-refractivity contribution in [3.63, 3.8) is 0 Å². The van der Waals surface area contributed by atoms with Crippen LogP contribution in [0.2, 0.25) is 0 Å². The molecule has 6 heteroatoms. The molecule has 5 nitrogen and oxygen atoms in total. The predicted molar refractivity (Wildman–Crippen MR) is 114 cm³/mol. The number of hydrogen-bond acceptors (Lipinski definition) is 4. The molecule has 1 saturated heterocycles. The van der Waals surface area contributed by atoms with Gasteiger partial charge in [-0.15, -0.1) is 11.8 Å². The van der Waals surface area contributed by atoms with Crippen molar-refractivity contribution >= 4 is 17.7 Å². The predicted octanol–water partition coefficient (Wildman–Crippen LogP) is 2.74. The van der Waals surface area contributed by atoms with Gasteiger partial charge >= 0.3 is 0 Å². The van der Waals surface area contributed by atoms with Crippen LogP contribution in [0.5, 0.6) is 0 Å². The van der Waals surface area contributed by atoms with E-state index < -0.39 is 0 Å². The summed E-state index contributed by atoms with van der Waals surface area (Å²) in [5, 5.41) is 0. The van der Waals surface area contributed by atoms with Gasteiger partial charge in [-0.25, -0.2) is 0 Å². The lowest BCUT2D eigenvalue weighted by molar-refractivity contribution is -0.134. The fraction of sp³-hybridized carbons (Fsp3) is 0.455. The van der Waals surface area contributed by atoms with Crippen molar-refractivity contribution in [3.05, 3.63) is 52.4 Å². The minimum Gasteiger partial charge on any atom is -0.341 e. The Morgan fingerprint density at radius 2 is 1.86 bits per heavy atom. The van der Waals surface area contributed by atoms with Gasteiger partial charge in [-0.05, 0) is 56.5 Å². The molecule has 0 unspecified atom stereocenters. The van der Waals surface area contributed by atoms with Crippen LogP contribution in [0, 0.1) is 5.92 Å². The molecule has 0 saturated carbocycles. The topological polar surface area (TPSA) is 45.6 Å². The number of benzene rings is 1. The molecule has 0 N–H and O–H groups in total. The molecule has 1 amide bonds. The SMILES string of the molecule is CSc1ccc(-c2ccc(=O)n3c2[C@@H]2C[C@H](CN(C(=O)CN(C)C)C2)C3)cc1. The lowest BCUT2D eigenvalue weighted by Crippen LogP contribution is -2.51. The smallest absolute Gasteiger partial charge is 0.250 e. The first-order valence-electron chi connectivity index (χ1n) is 9.77. The quantitative estimate of drug-likeness (QED) is 0.745. The molecule has 28 heavy (non-hydrogen) atoms. The molecule has 0 spiro atoms. The summed E-state index contributed by atoms with van der Waals surface area (Å²) in [5.41, 5.74) is 3.43. The number of fused-ring (bicyclic) bond motifs is 4. The number of thioether (sulfide) groups is 1. The van der Waals surface area contributed by atoms with Crippen molar-refractivity contribution in [2.24, 2.45) is 5.92 Å². The van der Waals surface area contributed by atoms with Gasteiger partial charge in [-0.3, -0.25) is 9.59 Å². The molecule has 2 aliphatic rings. The first-order chi connectivity index (χ1) is 13.5. The summed E-state index contributed by atoms with van der Waals surface area (Å²) >= 11 is 1.72. The maximum absolute atomic E-state index is 12.7. The number of aromatic nitrogens is 1. The summed E-state index contributed by atoms with van der Waals surface area (Å²) in [7, 11) is 3.85. The van der Waals surface area contributed by atoms with E-state index in [0.717, 1.165) is 29.8 Å². The van der Waals surface area contributed by atoms with Gasteiger partial charge in [-0.1, -0.05) is 12.1 Å². The zero-order chi connectivity index (χ0) is 19.8. The molecule has 3 heterocycles. The molecule has 0 radical (unpaired) electrons. The number of carbonyl (C=O) groups excluding carboxylic acids is 1. The maximum atomic E-state index is 12.7.